The molecular formula is C8H13F2N3. The minimum Gasteiger partial charge on any atom is -0.350 e. The van der Waals surface area contributed by atoms with Gasteiger partial charge in [0.15, 0.2) is 0 Å². The number of halogens is 2. The fourth-order valence-electron chi connectivity index (χ4n) is 1.07. The van der Waals surface area contributed by atoms with E-state index in [1.54, 1.807) is 12.4 Å². The summed E-state index contributed by atoms with van der Waals surface area (Å²) >= 11 is 0. The molecule has 0 fully saturated rings. The first-order valence-electron chi connectivity index (χ1n) is 4.27. The zero-order valence-electron chi connectivity index (χ0n) is 7.50. The molecule has 0 amide bonds. The predicted octanol–water partition coefficient (Wildman–Crippen LogP) is 1.97. The average Bonchev–Trinajstić information content (AvgIpc) is 2.49. The van der Waals surface area contributed by atoms with Gasteiger partial charge in [0.25, 0.3) is 6.43 Å². The molecule has 1 aromatic heterocycles. The second kappa shape index (κ2) is 4.79. The average molecular weight is 189 g/mol. The molecule has 13 heavy (non-hydrogen) atoms. The van der Waals surface area contributed by atoms with Gasteiger partial charge in [0.2, 0.25) is 5.95 Å². The predicted molar refractivity (Wildman–Crippen MR) is 47.0 cm³/mol. The lowest BCUT2D eigenvalue weighted by molar-refractivity contribution is 0.163. The van der Waals surface area contributed by atoms with Crippen molar-refractivity contribution in [2.75, 3.05) is 11.9 Å². The highest BCUT2D eigenvalue weighted by Gasteiger charge is 2.05. The Bertz CT molecular complexity index is 247. The van der Waals surface area contributed by atoms with Gasteiger partial charge in [0, 0.05) is 18.9 Å². The highest BCUT2D eigenvalue weighted by Crippen LogP contribution is 2.05. The molecule has 0 saturated carbocycles. The van der Waals surface area contributed by atoms with Crippen LogP contribution in [0.5, 0.6) is 0 Å². The van der Waals surface area contributed by atoms with Crippen LogP contribution in [0.15, 0.2) is 12.4 Å². The molecule has 3 nitrogen and oxygen atoms in total. The molecule has 1 heterocycles. The molecule has 74 valence electrons. The van der Waals surface area contributed by atoms with Gasteiger partial charge in [-0.1, -0.05) is 6.92 Å². The lowest BCUT2D eigenvalue weighted by Gasteiger charge is -2.07. The van der Waals surface area contributed by atoms with E-state index in [1.165, 1.54) is 0 Å². The van der Waals surface area contributed by atoms with Crippen molar-refractivity contribution < 1.29 is 8.78 Å². The van der Waals surface area contributed by atoms with Gasteiger partial charge in [0.1, 0.15) is 0 Å². The van der Waals surface area contributed by atoms with E-state index in [-0.39, 0.29) is 6.54 Å². The van der Waals surface area contributed by atoms with E-state index in [9.17, 15) is 8.78 Å². The molecule has 0 radical (unpaired) electrons. The summed E-state index contributed by atoms with van der Waals surface area (Å²) in [6.07, 6.45) is 1.99. The molecule has 0 aliphatic rings. The van der Waals surface area contributed by atoms with Crippen LogP contribution in [-0.2, 0) is 6.54 Å². The molecule has 0 bridgehead atoms. The van der Waals surface area contributed by atoms with Gasteiger partial charge in [0.05, 0.1) is 6.54 Å². The number of rotatable bonds is 5. The monoisotopic (exact) mass is 189 g/mol. The maximum absolute atomic E-state index is 11.8. The SMILES string of the molecule is CCCn1ccnc1NCC(F)F. The summed E-state index contributed by atoms with van der Waals surface area (Å²) in [6.45, 7) is 2.48. The summed E-state index contributed by atoms with van der Waals surface area (Å²) in [5.74, 6) is 0.516. The first-order chi connectivity index (χ1) is 6.24. The second-order valence-corrected chi connectivity index (χ2v) is 2.72. The number of aromatic nitrogens is 2. The summed E-state index contributed by atoms with van der Waals surface area (Å²) in [7, 11) is 0. The fraction of sp³-hybridized carbons (Fsp3) is 0.625. The summed E-state index contributed by atoms with van der Waals surface area (Å²) in [4.78, 5) is 3.93. The van der Waals surface area contributed by atoms with Crippen molar-refractivity contribution in [2.45, 2.75) is 26.3 Å². The molecule has 0 aliphatic heterocycles. The molecule has 1 rings (SSSR count). The van der Waals surface area contributed by atoms with Gasteiger partial charge >= 0.3 is 0 Å². The van der Waals surface area contributed by atoms with Crippen LogP contribution in [0, 0.1) is 0 Å². The van der Waals surface area contributed by atoms with Crippen LogP contribution in [-0.4, -0.2) is 22.5 Å². The number of nitrogens with zero attached hydrogens (tertiary/aromatic N) is 2. The molecule has 0 saturated heterocycles. The number of alkyl halides is 2. The van der Waals surface area contributed by atoms with E-state index >= 15 is 0 Å². The minimum absolute atomic E-state index is 0.347. The standard InChI is InChI=1S/C8H13F2N3/c1-2-4-13-5-3-11-8(13)12-6-7(9)10/h3,5,7H,2,4,6H2,1H3,(H,11,12). The maximum Gasteiger partial charge on any atom is 0.255 e. The van der Waals surface area contributed by atoms with E-state index in [4.69, 9.17) is 0 Å². The lowest BCUT2D eigenvalue weighted by atomic mass is 10.5. The molecule has 5 heteroatoms. The first kappa shape index (κ1) is 9.95. The van der Waals surface area contributed by atoms with Crippen LogP contribution < -0.4 is 5.32 Å². The van der Waals surface area contributed by atoms with Crippen molar-refractivity contribution in [3.8, 4) is 0 Å². The topological polar surface area (TPSA) is 29.9 Å². The van der Waals surface area contributed by atoms with Crippen molar-refractivity contribution in [2.24, 2.45) is 0 Å². The molecule has 0 aromatic carbocycles. The van der Waals surface area contributed by atoms with E-state index < -0.39 is 6.43 Å². The maximum atomic E-state index is 11.8. The summed E-state index contributed by atoms with van der Waals surface area (Å²) < 4.78 is 25.5. The van der Waals surface area contributed by atoms with Gasteiger partial charge in [-0.3, -0.25) is 0 Å². The smallest absolute Gasteiger partial charge is 0.255 e. The third-order valence-corrected chi connectivity index (χ3v) is 1.59. The number of nitrogens with one attached hydrogen (secondary N) is 1. The largest absolute Gasteiger partial charge is 0.350 e. The van der Waals surface area contributed by atoms with E-state index in [0.717, 1.165) is 13.0 Å². The number of aryl methyl sites for hydroxylation is 1. The van der Waals surface area contributed by atoms with Gasteiger partial charge in [-0.25, -0.2) is 13.8 Å². The van der Waals surface area contributed by atoms with E-state index in [1.807, 2.05) is 11.5 Å². The van der Waals surface area contributed by atoms with E-state index in [0.29, 0.717) is 5.95 Å². The van der Waals surface area contributed by atoms with Crippen molar-refractivity contribution in [1.82, 2.24) is 9.55 Å². The Kier molecular flexibility index (Phi) is 3.67. The molecule has 1 N–H and O–H groups in total. The Morgan fingerprint density at radius 1 is 1.62 bits per heavy atom. The molecule has 0 atom stereocenters. The number of hydrogen-bond donors (Lipinski definition) is 1. The zero-order chi connectivity index (χ0) is 9.68. The minimum atomic E-state index is -2.34. The van der Waals surface area contributed by atoms with Gasteiger partial charge in [-0.15, -0.1) is 0 Å². The molecular weight excluding hydrogens is 176 g/mol. The Labute approximate surface area is 75.8 Å². The Morgan fingerprint density at radius 2 is 2.38 bits per heavy atom. The Hall–Kier alpha value is -1.13. The quantitative estimate of drug-likeness (QED) is 0.767. The molecule has 1 aromatic rings. The Morgan fingerprint density at radius 3 is 3.00 bits per heavy atom. The van der Waals surface area contributed by atoms with Gasteiger partial charge in [-0.05, 0) is 6.42 Å². The highest BCUT2D eigenvalue weighted by molar-refractivity contribution is 5.25. The number of hydrogen-bond acceptors (Lipinski definition) is 2. The summed E-state index contributed by atoms with van der Waals surface area (Å²) in [5, 5.41) is 2.58. The third-order valence-electron chi connectivity index (χ3n) is 1.59. The molecule has 0 unspecified atom stereocenters. The lowest BCUT2D eigenvalue weighted by Crippen LogP contribution is -2.14. The molecule has 0 spiro atoms. The Balaban J connectivity index is 2.49. The normalized spacial score (nSPS) is 10.8. The van der Waals surface area contributed by atoms with E-state index in [2.05, 4.69) is 10.3 Å². The van der Waals surface area contributed by atoms with Crippen LogP contribution in [0.3, 0.4) is 0 Å². The summed E-state index contributed by atoms with van der Waals surface area (Å²) in [6, 6.07) is 0. The number of imidazole rings is 1. The van der Waals surface area contributed by atoms with Crippen molar-refractivity contribution in [1.29, 1.82) is 0 Å². The van der Waals surface area contributed by atoms with Crippen molar-refractivity contribution in [3.63, 3.8) is 0 Å². The van der Waals surface area contributed by atoms with Crippen molar-refractivity contribution in [3.05, 3.63) is 12.4 Å². The highest BCUT2D eigenvalue weighted by atomic mass is 19.3. The van der Waals surface area contributed by atoms with Crippen molar-refractivity contribution >= 4 is 5.95 Å². The van der Waals surface area contributed by atoms with Crippen LogP contribution in [0.25, 0.3) is 0 Å². The van der Waals surface area contributed by atoms with Crippen LogP contribution in [0.1, 0.15) is 13.3 Å². The third kappa shape index (κ3) is 3.01. The first-order valence-corrected chi connectivity index (χ1v) is 4.27. The van der Waals surface area contributed by atoms with Crippen LogP contribution in [0.4, 0.5) is 14.7 Å². The summed E-state index contributed by atoms with van der Waals surface area (Å²) in [5.41, 5.74) is 0. The zero-order valence-corrected chi connectivity index (χ0v) is 7.50. The fourth-order valence-corrected chi connectivity index (χ4v) is 1.07. The van der Waals surface area contributed by atoms with Gasteiger partial charge < -0.3 is 9.88 Å². The van der Waals surface area contributed by atoms with Gasteiger partial charge in [-0.2, -0.15) is 0 Å². The van der Waals surface area contributed by atoms with Crippen LogP contribution in [0.2, 0.25) is 0 Å². The molecule has 0 aliphatic carbocycles. The second-order valence-electron chi connectivity index (χ2n) is 2.72. The number of anilines is 1. The van der Waals surface area contributed by atoms with Crippen LogP contribution >= 0.6 is 0 Å².